The van der Waals surface area contributed by atoms with Crippen LogP contribution >= 0.6 is 0 Å². The van der Waals surface area contributed by atoms with Crippen molar-refractivity contribution in [2.75, 3.05) is 0 Å². The summed E-state index contributed by atoms with van der Waals surface area (Å²) in [5, 5.41) is 0. The lowest BCUT2D eigenvalue weighted by Gasteiger charge is -2.30. The monoisotopic (exact) mass is 241 g/mol. The number of amides is 1. The molecule has 0 unspecified atom stereocenters. The molecular weight excluding hydrogens is 222 g/mol. The maximum absolute atomic E-state index is 12.5. The van der Waals surface area contributed by atoms with Gasteiger partial charge in [-0.1, -0.05) is 44.1 Å². The second-order valence-corrected chi connectivity index (χ2v) is 5.30. The third-order valence-electron chi connectivity index (χ3n) is 4.27. The summed E-state index contributed by atoms with van der Waals surface area (Å²) < 4.78 is 0. The minimum absolute atomic E-state index is 0.223. The Morgan fingerprint density at radius 3 is 2.72 bits per heavy atom. The molecule has 1 aromatic carbocycles. The van der Waals surface area contributed by atoms with Crippen LogP contribution in [0.2, 0.25) is 0 Å². The van der Waals surface area contributed by atoms with Gasteiger partial charge in [0, 0.05) is 18.2 Å². The molecule has 1 aliphatic heterocycles. The molecule has 1 heterocycles. The summed E-state index contributed by atoms with van der Waals surface area (Å²) in [6, 6.07) is 6.41. The predicted molar refractivity (Wildman–Crippen MR) is 73.3 cm³/mol. The van der Waals surface area contributed by atoms with E-state index in [0.29, 0.717) is 6.04 Å². The quantitative estimate of drug-likeness (QED) is 0.774. The SMILES string of the molecule is C=Cc1cccc2c1CN(C1CCCCC1)C2=O. The van der Waals surface area contributed by atoms with Gasteiger partial charge in [-0.3, -0.25) is 4.79 Å². The first-order valence-electron chi connectivity index (χ1n) is 6.86. The topological polar surface area (TPSA) is 20.3 Å². The Kier molecular flexibility index (Phi) is 2.94. The number of carbonyl (C=O) groups is 1. The Balaban J connectivity index is 1.90. The van der Waals surface area contributed by atoms with E-state index in [4.69, 9.17) is 0 Å². The molecule has 2 nitrogen and oxygen atoms in total. The number of hydrogen-bond donors (Lipinski definition) is 0. The molecule has 3 rings (SSSR count). The zero-order valence-electron chi connectivity index (χ0n) is 10.7. The van der Waals surface area contributed by atoms with Crippen LogP contribution in [0.1, 0.15) is 53.6 Å². The first-order chi connectivity index (χ1) is 8.81. The van der Waals surface area contributed by atoms with Crippen molar-refractivity contribution < 1.29 is 4.79 Å². The maximum Gasteiger partial charge on any atom is 0.254 e. The van der Waals surface area contributed by atoms with Gasteiger partial charge in [-0.25, -0.2) is 0 Å². The molecule has 1 saturated carbocycles. The van der Waals surface area contributed by atoms with Crippen LogP contribution in [0, 0.1) is 0 Å². The van der Waals surface area contributed by atoms with E-state index in [1.54, 1.807) is 0 Å². The fraction of sp³-hybridized carbons (Fsp3) is 0.438. The second kappa shape index (κ2) is 4.60. The molecule has 0 bridgehead atoms. The van der Waals surface area contributed by atoms with Gasteiger partial charge in [0.15, 0.2) is 0 Å². The molecule has 18 heavy (non-hydrogen) atoms. The van der Waals surface area contributed by atoms with Crippen molar-refractivity contribution in [2.24, 2.45) is 0 Å². The molecule has 0 saturated heterocycles. The molecule has 2 aliphatic rings. The van der Waals surface area contributed by atoms with Crippen LogP contribution in [0.5, 0.6) is 0 Å². The Morgan fingerprint density at radius 2 is 2.00 bits per heavy atom. The molecule has 0 aromatic heterocycles. The summed E-state index contributed by atoms with van der Waals surface area (Å²) >= 11 is 0. The maximum atomic E-state index is 12.5. The van der Waals surface area contributed by atoms with Crippen molar-refractivity contribution in [3.63, 3.8) is 0 Å². The number of rotatable bonds is 2. The van der Waals surface area contributed by atoms with Gasteiger partial charge in [-0.15, -0.1) is 0 Å². The van der Waals surface area contributed by atoms with Gasteiger partial charge in [-0.05, 0) is 30.0 Å². The Hall–Kier alpha value is -1.57. The van der Waals surface area contributed by atoms with E-state index >= 15 is 0 Å². The summed E-state index contributed by atoms with van der Waals surface area (Å²) in [4.78, 5) is 14.5. The third kappa shape index (κ3) is 1.76. The lowest BCUT2D eigenvalue weighted by atomic mass is 9.94. The van der Waals surface area contributed by atoms with Gasteiger partial charge in [0.2, 0.25) is 0 Å². The molecule has 0 radical (unpaired) electrons. The van der Waals surface area contributed by atoms with Crippen molar-refractivity contribution in [1.82, 2.24) is 4.90 Å². The van der Waals surface area contributed by atoms with E-state index in [1.165, 1.54) is 37.7 Å². The van der Waals surface area contributed by atoms with Gasteiger partial charge in [0.05, 0.1) is 0 Å². The van der Waals surface area contributed by atoms with Crippen LogP contribution in [-0.4, -0.2) is 16.8 Å². The Morgan fingerprint density at radius 1 is 1.22 bits per heavy atom. The van der Waals surface area contributed by atoms with E-state index in [-0.39, 0.29) is 5.91 Å². The minimum Gasteiger partial charge on any atom is -0.331 e. The number of hydrogen-bond acceptors (Lipinski definition) is 1. The van der Waals surface area contributed by atoms with E-state index in [9.17, 15) is 4.79 Å². The van der Waals surface area contributed by atoms with Crippen LogP contribution in [-0.2, 0) is 6.54 Å². The zero-order chi connectivity index (χ0) is 12.5. The molecule has 94 valence electrons. The lowest BCUT2D eigenvalue weighted by molar-refractivity contribution is 0.0660. The molecule has 0 N–H and O–H groups in total. The molecule has 1 amide bonds. The first-order valence-corrected chi connectivity index (χ1v) is 6.86. The van der Waals surface area contributed by atoms with Crippen molar-refractivity contribution in [2.45, 2.75) is 44.7 Å². The third-order valence-corrected chi connectivity index (χ3v) is 4.27. The summed E-state index contributed by atoms with van der Waals surface area (Å²) in [6.45, 7) is 4.62. The minimum atomic E-state index is 0.223. The molecule has 2 heteroatoms. The van der Waals surface area contributed by atoms with Crippen molar-refractivity contribution in [3.05, 3.63) is 41.5 Å². The summed E-state index contributed by atoms with van der Waals surface area (Å²) in [5.41, 5.74) is 3.17. The van der Waals surface area contributed by atoms with Gasteiger partial charge < -0.3 is 4.90 Å². The normalized spacial score (nSPS) is 20.0. The van der Waals surface area contributed by atoms with Crippen LogP contribution in [0.15, 0.2) is 24.8 Å². The van der Waals surface area contributed by atoms with Crippen LogP contribution < -0.4 is 0 Å². The van der Waals surface area contributed by atoms with E-state index in [0.717, 1.165) is 17.7 Å². The fourth-order valence-corrected chi connectivity index (χ4v) is 3.26. The van der Waals surface area contributed by atoms with E-state index in [2.05, 4.69) is 11.5 Å². The molecule has 0 atom stereocenters. The average molecular weight is 241 g/mol. The first kappa shape index (κ1) is 11.5. The van der Waals surface area contributed by atoms with Crippen LogP contribution in [0.3, 0.4) is 0 Å². The highest BCUT2D eigenvalue weighted by Gasteiger charge is 2.33. The molecule has 1 aromatic rings. The lowest BCUT2D eigenvalue weighted by Crippen LogP contribution is -2.36. The number of nitrogens with zero attached hydrogens (tertiary/aromatic N) is 1. The zero-order valence-corrected chi connectivity index (χ0v) is 10.7. The standard InChI is InChI=1S/C16H19NO/c1-2-12-7-6-10-14-15(12)11-17(16(14)18)13-8-4-3-5-9-13/h2,6-7,10,13H,1,3-5,8-9,11H2. The second-order valence-electron chi connectivity index (χ2n) is 5.30. The molecule has 1 aliphatic carbocycles. The predicted octanol–water partition coefficient (Wildman–Crippen LogP) is 3.62. The highest BCUT2D eigenvalue weighted by atomic mass is 16.2. The highest BCUT2D eigenvalue weighted by molar-refractivity contribution is 5.99. The van der Waals surface area contributed by atoms with Crippen molar-refractivity contribution >= 4 is 12.0 Å². The van der Waals surface area contributed by atoms with Gasteiger partial charge in [0.1, 0.15) is 0 Å². The number of carbonyl (C=O) groups excluding carboxylic acids is 1. The molecular formula is C16H19NO. The smallest absolute Gasteiger partial charge is 0.254 e. The molecule has 1 fully saturated rings. The Labute approximate surface area is 108 Å². The number of benzene rings is 1. The average Bonchev–Trinajstić information content (AvgIpc) is 2.77. The van der Waals surface area contributed by atoms with Crippen molar-refractivity contribution in [3.8, 4) is 0 Å². The van der Waals surface area contributed by atoms with Crippen LogP contribution in [0.4, 0.5) is 0 Å². The van der Waals surface area contributed by atoms with Crippen molar-refractivity contribution in [1.29, 1.82) is 0 Å². The van der Waals surface area contributed by atoms with Crippen LogP contribution in [0.25, 0.3) is 6.08 Å². The summed E-state index contributed by atoms with van der Waals surface area (Å²) in [6.07, 6.45) is 8.05. The molecule has 0 spiro atoms. The van der Waals surface area contributed by atoms with Gasteiger partial charge >= 0.3 is 0 Å². The Bertz CT molecular complexity index is 486. The van der Waals surface area contributed by atoms with E-state index in [1.807, 2.05) is 24.3 Å². The van der Waals surface area contributed by atoms with E-state index < -0.39 is 0 Å². The number of fused-ring (bicyclic) bond motifs is 1. The highest BCUT2D eigenvalue weighted by Crippen LogP contribution is 2.32. The fourth-order valence-electron chi connectivity index (χ4n) is 3.26. The largest absolute Gasteiger partial charge is 0.331 e. The summed E-state index contributed by atoms with van der Waals surface area (Å²) in [5.74, 6) is 0.223. The van der Waals surface area contributed by atoms with Gasteiger partial charge in [0.25, 0.3) is 5.91 Å². The van der Waals surface area contributed by atoms with Gasteiger partial charge in [-0.2, -0.15) is 0 Å². The summed E-state index contributed by atoms with van der Waals surface area (Å²) in [7, 11) is 0.